The summed E-state index contributed by atoms with van der Waals surface area (Å²) >= 11 is 0. The Hall–Kier alpha value is -7.34. The van der Waals surface area contributed by atoms with Gasteiger partial charge in [-0.05, 0) is 175 Å². The van der Waals surface area contributed by atoms with Crippen LogP contribution in [-0.2, 0) is 21.7 Å². The highest BCUT2D eigenvalue weighted by Crippen LogP contribution is 2.48. The lowest BCUT2D eigenvalue weighted by Crippen LogP contribution is -2.77. The summed E-state index contributed by atoms with van der Waals surface area (Å²) in [6, 6.07) is 58.5. The molecule has 0 amide bonds. The van der Waals surface area contributed by atoms with Crippen molar-refractivity contribution in [3.8, 4) is 28.2 Å². The molecule has 0 fully saturated rings. The minimum Gasteiger partial charge on any atom is -0.310 e. The average molecular weight is 1110 g/mol. The highest BCUT2D eigenvalue weighted by Gasteiger charge is 2.57. The molecule has 3 nitrogen and oxygen atoms in total. The Labute approximate surface area is 498 Å². The van der Waals surface area contributed by atoms with Crippen molar-refractivity contribution >= 4 is 117 Å². The van der Waals surface area contributed by atoms with Crippen LogP contribution in [-0.4, -0.2) is 28.5 Å². The van der Waals surface area contributed by atoms with E-state index in [-0.39, 0.29) is 28.4 Å². The van der Waals surface area contributed by atoms with Gasteiger partial charge in [0.1, 0.15) is 0 Å². The maximum atomic E-state index is 2.87. The first-order chi connectivity index (χ1) is 39.7. The van der Waals surface area contributed by atoms with E-state index < -0.39 is 8.07 Å². The highest BCUT2D eigenvalue weighted by molar-refractivity contribution is 7.24. The van der Waals surface area contributed by atoms with E-state index in [0.717, 1.165) is 0 Å². The molecule has 16 rings (SSSR count). The summed E-state index contributed by atoms with van der Waals surface area (Å²) in [5, 5.41) is 14.3. The van der Waals surface area contributed by atoms with Crippen molar-refractivity contribution in [2.45, 2.75) is 164 Å². The largest absolute Gasteiger partial charge is 0.310 e. The van der Waals surface area contributed by atoms with Gasteiger partial charge in [0, 0.05) is 54.9 Å². The first kappa shape index (κ1) is 52.2. The Kier molecular flexibility index (Phi) is 10.3. The van der Waals surface area contributed by atoms with Crippen molar-refractivity contribution in [2.24, 2.45) is 0 Å². The second-order valence-corrected chi connectivity index (χ2v) is 34.8. The van der Waals surface area contributed by atoms with Gasteiger partial charge >= 0.3 is 0 Å². The third-order valence-electron chi connectivity index (χ3n) is 21.0. The predicted octanol–water partition coefficient (Wildman–Crippen LogP) is 16.4. The molecule has 0 atom stereocenters. The molecule has 0 saturated carbocycles. The molecule has 4 aliphatic heterocycles. The van der Waals surface area contributed by atoms with Crippen molar-refractivity contribution in [3.05, 3.63) is 178 Å². The zero-order chi connectivity index (χ0) is 58.7. The quantitative estimate of drug-likeness (QED) is 0.156. The van der Waals surface area contributed by atoms with Gasteiger partial charge in [-0.1, -0.05) is 216 Å². The van der Waals surface area contributed by atoms with Crippen LogP contribution in [0.25, 0.3) is 93.6 Å². The lowest BCUT2D eigenvalue weighted by molar-refractivity contribution is 0.590. The number of hydrogen-bond acceptors (Lipinski definition) is 0. The topological polar surface area (TPSA) is 14.8 Å². The van der Waals surface area contributed by atoms with E-state index in [1.807, 2.05) is 0 Å². The second kappa shape index (κ2) is 16.5. The van der Waals surface area contributed by atoms with Crippen LogP contribution in [0.15, 0.2) is 140 Å². The van der Waals surface area contributed by atoms with Crippen molar-refractivity contribution in [1.82, 2.24) is 13.7 Å². The first-order valence-electron chi connectivity index (χ1n) is 31.5. The van der Waals surface area contributed by atoms with E-state index in [9.17, 15) is 0 Å². The van der Waals surface area contributed by atoms with Gasteiger partial charge in [0.15, 0.2) is 8.07 Å². The van der Waals surface area contributed by atoms with E-state index in [1.54, 1.807) is 15.6 Å². The smallest absolute Gasteiger partial charge is 0.253 e. The fraction of sp³-hybridized carbons (Fsp3) is 0.316. The first-order valence-corrected chi connectivity index (χ1v) is 33.5. The summed E-state index contributed by atoms with van der Waals surface area (Å²) in [6.45, 7) is 43.1. The normalized spacial score (nSPS) is 14.9. The molecule has 12 aromatic rings. The minimum atomic E-state index is -3.24. The number of benzene rings is 9. The average Bonchev–Trinajstić information content (AvgIpc) is 1.44. The van der Waals surface area contributed by atoms with Crippen LogP contribution < -0.4 is 37.1 Å². The number of aromatic nitrogens is 3. The summed E-state index contributed by atoms with van der Waals surface area (Å²) in [5.74, 6) is 1.19. The number of fused-ring (bicyclic) bond motifs is 18. The van der Waals surface area contributed by atoms with Gasteiger partial charge in [-0.2, -0.15) is 0 Å². The van der Waals surface area contributed by atoms with Gasteiger partial charge in [0.2, 0.25) is 0 Å². The molecular weight excluding hydrogens is 1030 g/mol. The molecule has 0 radical (unpaired) electrons. The van der Waals surface area contributed by atoms with E-state index >= 15 is 0 Å². The molecular formula is C79H80BN3Si. The number of nitrogens with zero attached hydrogens (tertiary/aromatic N) is 3. The molecule has 0 N–H and O–H groups in total. The third-order valence-corrected chi connectivity index (χ3v) is 25.8. The van der Waals surface area contributed by atoms with Gasteiger partial charge in [0.25, 0.3) is 6.71 Å². The Morgan fingerprint density at radius 3 is 1.42 bits per heavy atom. The van der Waals surface area contributed by atoms with E-state index in [1.165, 1.54) is 154 Å². The molecule has 4 aliphatic rings. The lowest BCUT2D eigenvalue weighted by atomic mass is 9.33. The zero-order valence-corrected chi connectivity index (χ0v) is 53.9. The lowest BCUT2D eigenvalue weighted by Gasteiger charge is -2.43. The fourth-order valence-corrected chi connectivity index (χ4v) is 21.9. The highest BCUT2D eigenvalue weighted by atomic mass is 28.3. The Balaban J connectivity index is 1.18. The fourth-order valence-electron chi connectivity index (χ4n) is 16.2. The SMILES string of the molecule is CC(C)c1ccc(-n2c3cc(C(C)C)ccc3c3c4c5c(cc32)c2ccc(C(C)C)cc2n5-c2ccc3c5c2B4c2cc(C(C)(C)C)cc4c6cc(C(C)(C)C)cc(c6n-5c24)[Si]32c3cc(C(C)(C)C)ccc3-c3ccc(C(C)(C)C)cc32)cc1. The maximum absolute atomic E-state index is 3.24. The summed E-state index contributed by atoms with van der Waals surface area (Å²) in [7, 11) is -3.24. The van der Waals surface area contributed by atoms with Gasteiger partial charge in [-0.25, -0.2) is 0 Å². The van der Waals surface area contributed by atoms with Gasteiger partial charge < -0.3 is 13.7 Å². The standard InChI is InChI=1S/C79H80BN3Si/c1-42(2)45-19-25-52(26-20-45)81-63-34-47(44(5)6)22-28-56(63)69-64(81)41-59-53-27-21-46(43(3)4)33-62(53)82-61-31-32-65-75-70(61)80(71(69)74(59)82)60-37-50(78(13,14)15)35-57-58-36-51(79(16,17)18)40-68(73(58)83(75)72(57)60)84(65)66-38-48(76(7,8)9)23-29-54(66)55-30-24-49(39-67(55)84)77(10,11)12/h19-44H,1-18H3. The van der Waals surface area contributed by atoms with Gasteiger partial charge in [-0.15, -0.1) is 0 Å². The van der Waals surface area contributed by atoms with E-state index in [0.29, 0.717) is 17.8 Å². The number of hydrogen-bond donors (Lipinski definition) is 0. The molecule has 0 saturated heterocycles. The van der Waals surface area contributed by atoms with Crippen LogP contribution in [0.2, 0.25) is 0 Å². The molecule has 1 spiro atoms. The molecule has 0 bridgehead atoms. The van der Waals surface area contributed by atoms with Crippen molar-refractivity contribution < 1.29 is 0 Å². The second-order valence-electron chi connectivity index (χ2n) is 31.2. The third kappa shape index (κ3) is 6.60. The summed E-state index contributed by atoms with van der Waals surface area (Å²) in [4.78, 5) is 0. The summed E-state index contributed by atoms with van der Waals surface area (Å²) in [6.07, 6.45) is 0. The summed E-state index contributed by atoms with van der Waals surface area (Å²) < 4.78 is 8.29. The predicted molar refractivity (Wildman–Crippen MR) is 367 cm³/mol. The molecule has 9 aromatic carbocycles. The van der Waals surface area contributed by atoms with Gasteiger partial charge in [0.05, 0.1) is 27.6 Å². The monoisotopic (exact) mass is 1110 g/mol. The van der Waals surface area contributed by atoms with Crippen LogP contribution in [0.4, 0.5) is 0 Å². The molecule has 0 unspecified atom stereocenters. The van der Waals surface area contributed by atoms with Crippen molar-refractivity contribution in [3.63, 3.8) is 0 Å². The number of rotatable bonds is 4. The molecule has 7 heterocycles. The summed E-state index contributed by atoms with van der Waals surface area (Å²) in [5.41, 5.74) is 28.6. The molecule has 3 aromatic heterocycles. The minimum absolute atomic E-state index is 0.0497. The van der Waals surface area contributed by atoms with Crippen LogP contribution in [0.1, 0.15) is 181 Å². The van der Waals surface area contributed by atoms with Crippen LogP contribution in [0.5, 0.6) is 0 Å². The molecule has 84 heavy (non-hydrogen) atoms. The van der Waals surface area contributed by atoms with E-state index in [4.69, 9.17) is 0 Å². The van der Waals surface area contributed by atoms with E-state index in [2.05, 4.69) is 278 Å². The van der Waals surface area contributed by atoms with Crippen molar-refractivity contribution in [1.29, 1.82) is 0 Å². The molecule has 0 aliphatic carbocycles. The van der Waals surface area contributed by atoms with Crippen LogP contribution in [0, 0.1) is 0 Å². The Morgan fingerprint density at radius 2 is 0.857 bits per heavy atom. The van der Waals surface area contributed by atoms with Crippen LogP contribution >= 0.6 is 0 Å². The Bertz CT molecular complexity index is 4900. The van der Waals surface area contributed by atoms with Crippen LogP contribution in [0.3, 0.4) is 0 Å². The zero-order valence-electron chi connectivity index (χ0n) is 52.9. The molecule has 5 heteroatoms. The van der Waals surface area contributed by atoms with Crippen molar-refractivity contribution in [2.75, 3.05) is 0 Å². The molecule has 418 valence electrons. The Morgan fingerprint density at radius 1 is 0.357 bits per heavy atom. The maximum Gasteiger partial charge on any atom is 0.253 e. The van der Waals surface area contributed by atoms with Gasteiger partial charge in [-0.3, -0.25) is 0 Å².